The van der Waals surface area contributed by atoms with Crippen molar-refractivity contribution in [3.63, 3.8) is 0 Å². The summed E-state index contributed by atoms with van der Waals surface area (Å²) in [4.78, 5) is 1.13. The fraction of sp³-hybridized carbons (Fsp3) is 0.353. The van der Waals surface area contributed by atoms with Crippen LogP contribution in [0.1, 0.15) is 19.1 Å². The number of hydrogen-bond acceptors (Lipinski definition) is 5. The summed E-state index contributed by atoms with van der Waals surface area (Å²) in [6.07, 6.45) is 3.57. The lowest BCUT2D eigenvalue weighted by molar-refractivity contribution is 0.270. The molecular formula is C17H21N3O2S. The Morgan fingerprint density at radius 3 is 3.00 bits per heavy atom. The Balaban J connectivity index is 1.67. The van der Waals surface area contributed by atoms with Gasteiger partial charge in [-0.15, -0.1) is 11.3 Å². The number of aromatic nitrogens is 2. The van der Waals surface area contributed by atoms with E-state index >= 15 is 0 Å². The van der Waals surface area contributed by atoms with Crippen molar-refractivity contribution >= 4 is 17.2 Å². The number of rotatable bonds is 8. The molecule has 23 heavy (non-hydrogen) atoms. The molecule has 122 valence electrons. The van der Waals surface area contributed by atoms with Gasteiger partial charge in [0.25, 0.3) is 0 Å². The number of thiophene rings is 1. The van der Waals surface area contributed by atoms with Gasteiger partial charge in [-0.2, -0.15) is 5.10 Å². The monoisotopic (exact) mass is 331 g/mol. The average molecular weight is 331 g/mol. The molecule has 0 saturated heterocycles. The summed E-state index contributed by atoms with van der Waals surface area (Å²) in [5, 5.41) is 19.4. The van der Waals surface area contributed by atoms with Crippen molar-refractivity contribution in [2.75, 3.05) is 11.9 Å². The van der Waals surface area contributed by atoms with E-state index in [-0.39, 0.29) is 12.6 Å². The van der Waals surface area contributed by atoms with Crippen LogP contribution in [0.2, 0.25) is 0 Å². The van der Waals surface area contributed by atoms with E-state index in [0.717, 1.165) is 35.0 Å². The molecule has 1 unspecified atom stereocenters. The van der Waals surface area contributed by atoms with Gasteiger partial charge in [0.05, 0.1) is 24.3 Å². The minimum atomic E-state index is 0.0705. The number of anilines is 1. The molecule has 3 heterocycles. The van der Waals surface area contributed by atoms with E-state index in [4.69, 9.17) is 4.42 Å². The van der Waals surface area contributed by atoms with Crippen LogP contribution in [0.15, 0.2) is 46.4 Å². The maximum absolute atomic E-state index is 9.25. The number of nitrogens with zero attached hydrogens (tertiary/aromatic N) is 2. The van der Waals surface area contributed by atoms with Crippen LogP contribution in [-0.4, -0.2) is 27.5 Å². The van der Waals surface area contributed by atoms with Gasteiger partial charge < -0.3 is 14.8 Å². The fourth-order valence-electron chi connectivity index (χ4n) is 2.48. The Bertz CT molecular complexity index is 704. The van der Waals surface area contributed by atoms with Crippen LogP contribution in [-0.2, 0) is 13.0 Å². The number of aliphatic hydroxyl groups is 1. The number of aliphatic hydroxyl groups excluding tert-OH is 1. The predicted octanol–water partition coefficient (Wildman–Crippen LogP) is 3.63. The highest BCUT2D eigenvalue weighted by molar-refractivity contribution is 7.13. The van der Waals surface area contributed by atoms with Gasteiger partial charge in [0.1, 0.15) is 17.3 Å². The maximum atomic E-state index is 9.25. The zero-order valence-corrected chi connectivity index (χ0v) is 13.9. The Hall–Kier alpha value is -2.05. The molecule has 0 amide bonds. The molecule has 0 aromatic carbocycles. The first-order chi connectivity index (χ1) is 11.3. The molecule has 5 nitrogen and oxygen atoms in total. The van der Waals surface area contributed by atoms with Gasteiger partial charge in [0.15, 0.2) is 0 Å². The molecule has 3 aromatic rings. The second-order valence-corrected chi connectivity index (χ2v) is 6.45. The number of furan rings is 1. The van der Waals surface area contributed by atoms with E-state index in [1.807, 2.05) is 34.3 Å². The highest BCUT2D eigenvalue weighted by Crippen LogP contribution is 2.26. The van der Waals surface area contributed by atoms with Crippen LogP contribution in [0.5, 0.6) is 0 Å². The van der Waals surface area contributed by atoms with Crippen LogP contribution in [0, 0.1) is 0 Å². The first-order valence-corrected chi connectivity index (χ1v) is 8.65. The van der Waals surface area contributed by atoms with Crippen molar-refractivity contribution < 1.29 is 9.52 Å². The third-order valence-corrected chi connectivity index (χ3v) is 4.56. The minimum Gasteiger partial charge on any atom is -0.469 e. The maximum Gasteiger partial charge on any atom is 0.125 e. The third-order valence-electron chi connectivity index (χ3n) is 3.66. The zero-order chi connectivity index (χ0) is 16.1. The lowest BCUT2D eigenvalue weighted by atomic mass is 10.1. The Morgan fingerprint density at radius 1 is 1.39 bits per heavy atom. The largest absolute Gasteiger partial charge is 0.469 e. The average Bonchev–Trinajstić information content (AvgIpc) is 3.28. The van der Waals surface area contributed by atoms with Gasteiger partial charge in [-0.3, -0.25) is 0 Å². The molecule has 1 atom stereocenters. The van der Waals surface area contributed by atoms with Crippen molar-refractivity contribution in [3.8, 4) is 10.6 Å². The van der Waals surface area contributed by atoms with Crippen molar-refractivity contribution in [1.82, 2.24) is 9.78 Å². The molecule has 0 aliphatic carbocycles. The van der Waals surface area contributed by atoms with Crippen molar-refractivity contribution in [3.05, 3.63) is 47.7 Å². The minimum absolute atomic E-state index is 0.0705. The lowest BCUT2D eigenvalue weighted by Gasteiger charge is -2.15. The molecule has 0 fully saturated rings. The van der Waals surface area contributed by atoms with Gasteiger partial charge in [-0.05, 0) is 36.9 Å². The van der Waals surface area contributed by atoms with Crippen molar-refractivity contribution in [2.24, 2.45) is 0 Å². The van der Waals surface area contributed by atoms with Crippen molar-refractivity contribution in [1.29, 1.82) is 0 Å². The van der Waals surface area contributed by atoms with E-state index < -0.39 is 0 Å². The fourth-order valence-corrected chi connectivity index (χ4v) is 3.16. The lowest BCUT2D eigenvalue weighted by Crippen LogP contribution is -2.19. The predicted molar refractivity (Wildman–Crippen MR) is 92.7 cm³/mol. The van der Waals surface area contributed by atoms with Gasteiger partial charge in [0.2, 0.25) is 0 Å². The molecular weight excluding hydrogens is 310 g/mol. The van der Waals surface area contributed by atoms with Gasteiger partial charge in [-0.25, -0.2) is 4.68 Å². The third kappa shape index (κ3) is 4.03. The normalized spacial score (nSPS) is 12.4. The van der Waals surface area contributed by atoms with E-state index in [1.54, 1.807) is 17.6 Å². The van der Waals surface area contributed by atoms with Gasteiger partial charge >= 0.3 is 0 Å². The standard InChI is InChI=1S/C17H21N3O2S/c1-13(6-7-14-4-2-10-22-14)18-17-12-15(16-5-3-11-23-16)19-20(17)8-9-21/h2-5,10-13,18,21H,6-9H2,1H3. The zero-order valence-electron chi connectivity index (χ0n) is 13.1. The Kier molecular flexibility index (Phi) is 5.15. The number of aryl methyl sites for hydroxylation is 1. The first kappa shape index (κ1) is 15.8. The highest BCUT2D eigenvalue weighted by Gasteiger charge is 2.12. The molecule has 2 N–H and O–H groups in total. The summed E-state index contributed by atoms with van der Waals surface area (Å²) in [5.74, 6) is 1.94. The molecule has 3 rings (SSSR count). The summed E-state index contributed by atoms with van der Waals surface area (Å²) < 4.78 is 7.20. The molecule has 0 bridgehead atoms. The van der Waals surface area contributed by atoms with Crippen LogP contribution in [0.3, 0.4) is 0 Å². The van der Waals surface area contributed by atoms with Gasteiger partial charge in [-0.1, -0.05) is 6.07 Å². The van der Waals surface area contributed by atoms with Crippen LogP contribution < -0.4 is 5.32 Å². The SMILES string of the molecule is CC(CCc1ccco1)Nc1cc(-c2cccs2)nn1CCO. The second-order valence-electron chi connectivity index (χ2n) is 5.50. The topological polar surface area (TPSA) is 63.2 Å². The summed E-state index contributed by atoms with van der Waals surface area (Å²) >= 11 is 1.67. The van der Waals surface area contributed by atoms with E-state index in [2.05, 4.69) is 23.4 Å². The van der Waals surface area contributed by atoms with Crippen LogP contribution >= 0.6 is 11.3 Å². The first-order valence-electron chi connectivity index (χ1n) is 7.78. The highest BCUT2D eigenvalue weighted by atomic mass is 32.1. The Labute approximate surface area is 139 Å². The van der Waals surface area contributed by atoms with Crippen LogP contribution in [0.25, 0.3) is 10.6 Å². The van der Waals surface area contributed by atoms with Gasteiger partial charge in [0, 0.05) is 18.5 Å². The molecule has 0 radical (unpaired) electrons. The summed E-state index contributed by atoms with van der Waals surface area (Å²) in [6, 6.07) is 10.3. The van der Waals surface area contributed by atoms with E-state index in [1.165, 1.54) is 0 Å². The molecule has 0 spiro atoms. The molecule has 0 aliphatic heterocycles. The molecule has 3 aromatic heterocycles. The summed E-state index contributed by atoms with van der Waals surface area (Å²) in [6.45, 7) is 2.70. The molecule has 0 aliphatic rings. The van der Waals surface area contributed by atoms with E-state index in [9.17, 15) is 5.11 Å². The Morgan fingerprint density at radius 2 is 2.30 bits per heavy atom. The van der Waals surface area contributed by atoms with E-state index in [0.29, 0.717) is 6.54 Å². The van der Waals surface area contributed by atoms with Crippen LogP contribution in [0.4, 0.5) is 5.82 Å². The number of nitrogens with one attached hydrogen (secondary N) is 1. The quantitative estimate of drug-likeness (QED) is 0.661. The number of hydrogen-bond donors (Lipinski definition) is 2. The van der Waals surface area contributed by atoms with Crippen molar-refractivity contribution in [2.45, 2.75) is 32.4 Å². The second kappa shape index (κ2) is 7.48. The smallest absolute Gasteiger partial charge is 0.125 e. The summed E-state index contributed by atoms with van der Waals surface area (Å²) in [5.41, 5.74) is 0.939. The molecule has 6 heteroatoms. The summed E-state index contributed by atoms with van der Waals surface area (Å²) in [7, 11) is 0. The molecule has 0 saturated carbocycles.